The van der Waals surface area contributed by atoms with Crippen molar-refractivity contribution in [3.8, 4) is 11.5 Å². The number of nitrogens with zero attached hydrogens (tertiary/aromatic N) is 1. The number of amides is 2. The molecule has 0 atom stereocenters. The largest absolute Gasteiger partial charge is 0.490 e. The van der Waals surface area contributed by atoms with E-state index in [1.54, 1.807) is 30.3 Å². The second-order valence-electron chi connectivity index (χ2n) is 7.86. The van der Waals surface area contributed by atoms with Crippen molar-refractivity contribution < 1.29 is 19.1 Å². The first-order valence-corrected chi connectivity index (χ1v) is 13.5. The van der Waals surface area contributed by atoms with Crippen LogP contribution >= 0.6 is 50.9 Å². The molecule has 9 heteroatoms. The Morgan fingerprint density at radius 3 is 2.53 bits per heavy atom. The zero-order valence-corrected chi connectivity index (χ0v) is 23.2. The fraction of sp³-hybridized carbons (Fsp3) is 0.185. The van der Waals surface area contributed by atoms with Crippen LogP contribution in [0.15, 0.2) is 70.0 Å². The van der Waals surface area contributed by atoms with Crippen LogP contribution in [0.2, 0.25) is 10.0 Å². The van der Waals surface area contributed by atoms with E-state index in [4.69, 9.17) is 32.7 Å². The third-order valence-electron chi connectivity index (χ3n) is 5.36. The summed E-state index contributed by atoms with van der Waals surface area (Å²) in [6, 6.07) is 18.6. The molecule has 1 aliphatic heterocycles. The van der Waals surface area contributed by atoms with Crippen molar-refractivity contribution in [2.45, 2.75) is 20.0 Å². The van der Waals surface area contributed by atoms with Gasteiger partial charge in [-0.15, -0.1) is 0 Å². The SMILES string of the molecule is CCOc1cc(/C=C2\SC(=O)N(CCc3ccccc3)C2=O)cc(Br)c1OCc1ccc(Cl)cc1Cl. The predicted octanol–water partition coefficient (Wildman–Crippen LogP) is 8.01. The second-order valence-corrected chi connectivity index (χ2v) is 10.5. The molecule has 0 bridgehead atoms. The van der Waals surface area contributed by atoms with Crippen LogP contribution in [0.1, 0.15) is 23.6 Å². The first kappa shape index (κ1) is 26.6. The molecule has 3 aromatic rings. The summed E-state index contributed by atoms with van der Waals surface area (Å²) in [5.41, 5.74) is 2.56. The smallest absolute Gasteiger partial charge is 0.293 e. The van der Waals surface area contributed by atoms with Crippen LogP contribution in [0.25, 0.3) is 6.08 Å². The third kappa shape index (κ3) is 6.45. The summed E-state index contributed by atoms with van der Waals surface area (Å²) in [6.07, 6.45) is 2.30. The molecule has 0 aromatic heterocycles. The molecule has 2 amide bonds. The van der Waals surface area contributed by atoms with Crippen LogP contribution in [0, 0.1) is 0 Å². The number of halogens is 3. The van der Waals surface area contributed by atoms with Crippen molar-refractivity contribution in [3.63, 3.8) is 0 Å². The van der Waals surface area contributed by atoms with Crippen LogP contribution < -0.4 is 9.47 Å². The zero-order valence-electron chi connectivity index (χ0n) is 19.3. The predicted molar refractivity (Wildman–Crippen MR) is 149 cm³/mol. The molecule has 186 valence electrons. The van der Waals surface area contributed by atoms with Crippen LogP contribution in [-0.2, 0) is 17.8 Å². The highest BCUT2D eigenvalue weighted by molar-refractivity contribution is 9.10. The number of ether oxygens (including phenoxy) is 2. The van der Waals surface area contributed by atoms with Gasteiger partial charge in [-0.1, -0.05) is 59.6 Å². The van der Waals surface area contributed by atoms with E-state index in [9.17, 15) is 9.59 Å². The van der Waals surface area contributed by atoms with E-state index >= 15 is 0 Å². The molecular formula is C27H22BrCl2NO4S. The van der Waals surface area contributed by atoms with Crippen LogP contribution in [0.3, 0.4) is 0 Å². The van der Waals surface area contributed by atoms with Crippen LogP contribution in [0.4, 0.5) is 4.79 Å². The number of benzene rings is 3. The number of imide groups is 1. The average Bonchev–Trinajstić information content (AvgIpc) is 3.11. The van der Waals surface area contributed by atoms with E-state index in [0.29, 0.717) is 56.1 Å². The number of carbonyl (C=O) groups is 2. The summed E-state index contributed by atoms with van der Waals surface area (Å²) < 4.78 is 12.5. The zero-order chi connectivity index (χ0) is 25.7. The Labute approximate surface area is 232 Å². The maximum Gasteiger partial charge on any atom is 0.293 e. The minimum atomic E-state index is -0.298. The Morgan fingerprint density at radius 2 is 1.81 bits per heavy atom. The van der Waals surface area contributed by atoms with Gasteiger partial charge in [0.25, 0.3) is 11.1 Å². The van der Waals surface area contributed by atoms with Gasteiger partial charge in [0.2, 0.25) is 0 Å². The lowest BCUT2D eigenvalue weighted by atomic mass is 10.1. The minimum absolute atomic E-state index is 0.217. The Kier molecular flexibility index (Phi) is 9.01. The lowest BCUT2D eigenvalue weighted by molar-refractivity contribution is -0.122. The number of hydrogen-bond acceptors (Lipinski definition) is 5. The number of carbonyl (C=O) groups excluding carboxylic acids is 2. The molecule has 0 spiro atoms. The summed E-state index contributed by atoms with van der Waals surface area (Å²) >= 11 is 16.7. The number of rotatable bonds is 9. The summed E-state index contributed by atoms with van der Waals surface area (Å²) in [4.78, 5) is 27.1. The van der Waals surface area contributed by atoms with Gasteiger partial charge in [0, 0.05) is 22.2 Å². The van der Waals surface area contributed by atoms with E-state index in [1.807, 2.05) is 43.3 Å². The van der Waals surface area contributed by atoms with Gasteiger partial charge in [-0.25, -0.2) is 0 Å². The Morgan fingerprint density at radius 1 is 1.03 bits per heavy atom. The normalized spacial score (nSPS) is 14.6. The molecule has 0 aliphatic carbocycles. The van der Waals surface area contributed by atoms with Gasteiger partial charge < -0.3 is 9.47 Å². The molecule has 0 N–H and O–H groups in total. The first-order valence-electron chi connectivity index (χ1n) is 11.2. The second kappa shape index (κ2) is 12.2. The monoisotopic (exact) mass is 605 g/mol. The van der Waals surface area contributed by atoms with Crippen molar-refractivity contribution in [3.05, 3.63) is 96.8 Å². The first-order chi connectivity index (χ1) is 17.4. The van der Waals surface area contributed by atoms with Gasteiger partial charge >= 0.3 is 0 Å². The van der Waals surface area contributed by atoms with Crippen molar-refractivity contribution in [2.24, 2.45) is 0 Å². The third-order valence-corrected chi connectivity index (χ3v) is 7.44. The fourth-order valence-electron chi connectivity index (χ4n) is 3.59. The topological polar surface area (TPSA) is 55.8 Å². The summed E-state index contributed by atoms with van der Waals surface area (Å²) in [7, 11) is 0. The van der Waals surface area contributed by atoms with Crippen molar-refractivity contribution in [2.75, 3.05) is 13.2 Å². The highest BCUT2D eigenvalue weighted by Crippen LogP contribution is 2.40. The molecule has 36 heavy (non-hydrogen) atoms. The summed E-state index contributed by atoms with van der Waals surface area (Å²) in [5, 5.41) is 0.788. The highest BCUT2D eigenvalue weighted by Gasteiger charge is 2.34. The quantitative estimate of drug-likeness (QED) is 0.231. The van der Waals surface area contributed by atoms with E-state index in [2.05, 4.69) is 15.9 Å². The number of thioether (sulfide) groups is 1. The van der Waals surface area contributed by atoms with Crippen LogP contribution in [0.5, 0.6) is 11.5 Å². The Bertz CT molecular complexity index is 1320. The Hall–Kier alpha value is -2.45. The average molecular weight is 607 g/mol. The maximum atomic E-state index is 12.9. The molecule has 1 aliphatic rings. The summed E-state index contributed by atoms with van der Waals surface area (Å²) in [6.45, 7) is 2.84. The standard InChI is InChI=1S/C27H22BrCl2NO4S/c1-2-34-23-13-18(12-21(28)25(23)35-16-19-8-9-20(29)15-22(19)30)14-24-26(32)31(27(33)36-24)11-10-17-6-4-3-5-7-17/h3-9,12-15H,2,10-11,16H2,1H3/b24-14-. The molecule has 4 rings (SSSR count). The minimum Gasteiger partial charge on any atom is -0.490 e. The molecule has 0 saturated carbocycles. The lowest BCUT2D eigenvalue weighted by Gasteiger charge is -2.15. The molecule has 1 fully saturated rings. The van der Waals surface area contributed by atoms with E-state index in [-0.39, 0.29) is 17.8 Å². The Balaban J connectivity index is 1.52. The van der Waals surface area contributed by atoms with E-state index in [0.717, 1.165) is 22.9 Å². The van der Waals surface area contributed by atoms with Gasteiger partial charge in [0.05, 0.1) is 16.0 Å². The molecule has 0 unspecified atom stereocenters. The van der Waals surface area contributed by atoms with Gasteiger partial charge in [-0.3, -0.25) is 14.5 Å². The molecule has 0 radical (unpaired) electrons. The van der Waals surface area contributed by atoms with Gasteiger partial charge in [0.15, 0.2) is 11.5 Å². The van der Waals surface area contributed by atoms with Gasteiger partial charge in [-0.2, -0.15) is 0 Å². The highest BCUT2D eigenvalue weighted by atomic mass is 79.9. The number of hydrogen-bond donors (Lipinski definition) is 0. The van der Waals surface area contributed by atoms with Gasteiger partial charge in [0.1, 0.15) is 6.61 Å². The molecule has 1 saturated heterocycles. The van der Waals surface area contributed by atoms with E-state index < -0.39 is 0 Å². The van der Waals surface area contributed by atoms with Crippen molar-refractivity contribution in [1.82, 2.24) is 4.90 Å². The maximum absolute atomic E-state index is 12.9. The van der Waals surface area contributed by atoms with Crippen molar-refractivity contribution >= 4 is 68.1 Å². The van der Waals surface area contributed by atoms with Crippen molar-refractivity contribution in [1.29, 1.82) is 0 Å². The molecule has 5 nitrogen and oxygen atoms in total. The summed E-state index contributed by atoms with van der Waals surface area (Å²) in [5.74, 6) is 0.718. The molecule has 3 aromatic carbocycles. The van der Waals surface area contributed by atoms with E-state index in [1.165, 1.54) is 4.90 Å². The molecule has 1 heterocycles. The fourth-order valence-corrected chi connectivity index (χ4v) is 5.49. The van der Waals surface area contributed by atoms with Crippen LogP contribution in [-0.4, -0.2) is 29.2 Å². The van der Waals surface area contributed by atoms with Gasteiger partial charge in [-0.05, 0) is 82.5 Å². The lowest BCUT2D eigenvalue weighted by Crippen LogP contribution is -2.30. The molecular weight excluding hydrogens is 585 g/mol.